The zero-order valence-corrected chi connectivity index (χ0v) is 9.93. The monoisotopic (exact) mass is 223 g/mol. The number of halogens is 1. The summed E-state index contributed by atoms with van der Waals surface area (Å²) < 4.78 is 0. The highest BCUT2D eigenvalue weighted by Crippen LogP contribution is 2.31. The van der Waals surface area contributed by atoms with Crippen molar-refractivity contribution in [1.29, 1.82) is 0 Å². The molecule has 0 unspecified atom stereocenters. The van der Waals surface area contributed by atoms with E-state index in [1.165, 1.54) is 24.0 Å². The Morgan fingerprint density at radius 1 is 1.27 bits per heavy atom. The van der Waals surface area contributed by atoms with Crippen LogP contribution in [-0.4, -0.2) is 11.9 Å². The quantitative estimate of drug-likeness (QED) is 0.774. The fourth-order valence-electron chi connectivity index (χ4n) is 1.95. The van der Waals surface area contributed by atoms with Gasteiger partial charge in [0.15, 0.2) is 0 Å². The summed E-state index contributed by atoms with van der Waals surface area (Å²) in [7, 11) is 0. The first-order chi connectivity index (χ1) is 7.24. The molecule has 1 nitrogen and oxygen atoms in total. The van der Waals surface area contributed by atoms with E-state index in [0.717, 1.165) is 19.0 Å². The Hall–Kier alpha value is -0.530. The molecule has 0 saturated heterocycles. The van der Waals surface area contributed by atoms with Crippen molar-refractivity contribution in [1.82, 2.24) is 5.32 Å². The van der Waals surface area contributed by atoms with Gasteiger partial charge in [0.05, 0.1) is 0 Å². The first-order valence-electron chi connectivity index (χ1n) is 5.64. The lowest BCUT2D eigenvalue weighted by atomic mass is 9.85. The topological polar surface area (TPSA) is 12.0 Å². The Morgan fingerprint density at radius 3 is 2.53 bits per heavy atom. The van der Waals surface area contributed by atoms with Gasteiger partial charge in [0, 0.05) is 11.9 Å². The third-order valence-corrected chi connectivity index (χ3v) is 3.42. The van der Waals surface area contributed by atoms with Crippen LogP contribution in [0.15, 0.2) is 24.3 Å². The maximum absolute atomic E-state index is 5.93. The van der Waals surface area contributed by atoms with E-state index in [0.29, 0.717) is 5.38 Å². The molecule has 1 saturated carbocycles. The average Bonchev–Trinajstić information content (AvgIpc) is 2.18. The van der Waals surface area contributed by atoms with E-state index >= 15 is 0 Å². The summed E-state index contributed by atoms with van der Waals surface area (Å²) in [5.41, 5.74) is 2.69. The normalized spacial score (nSPS) is 24.9. The Kier molecular flexibility index (Phi) is 3.66. The summed E-state index contributed by atoms with van der Waals surface area (Å²) in [5, 5.41) is 3.93. The molecule has 0 heterocycles. The molecule has 2 heteroatoms. The van der Waals surface area contributed by atoms with Gasteiger partial charge < -0.3 is 5.32 Å². The van der Waals surface area contributed by atoms with Gasteiger partial charge in [0.25, 0.3) is 0 Å². The summed E-state index contributed by atoms with van der Waals surface area (Å²) in [6, 6.07) is 8.70. The Balaban J connectivity index is 1.67. The van der Waals surface area contributed by atoms with Crippen molar-refractivity contribution >= 4 is 11.6 Å². The van der Waals surface area contributed by atoms with Crippen molar-refractivity contribution in [3.05, 3.63) is 35.4 Å². The predicted molar refractivity (Wildman–Crippen MR) is 65.3 cm³/mol. The van der Waals surface area contributed by atoms with Gasteiger partial charge in [-0.05, 0) is 37.8 Å². The van der Waals surface area contributed by atoms with Crippen LogP contribution in [0, 0.1) is 12.8 Å². The maximum atomic E-state index is 5.93. The summed E-state index contributed by atoms with van der Waals surface area (Å²) >= 11 is 5.93. The molecule has 1 aromatic rings. The molecule has 2 rings (SSSR count). The predicted octanol–water partition coefficient (Wildman–Crippen LogP) is 3.10. The fraction of sp³-hybridized carbons (Fsp3) is 0.538. The fourth-order valence-corrected chi connectivity index (χ4v) is 2.45. The lowest BCUT2D eigenvalue weighted by Crippen LogP contribution is -2.33. The molecule has 0 atom stereocenters. The molecular formula is C13H18ClN. The number of hydrogen-bond acceptors (Lipinski definition) is 1. The van der Waals surface area contributed by atoms with Crippen molar-refractivity contribution in [2.45, 2.75) is 31.7 Å². The Morgan fingerprint density at radius 2 is 1.93 bits per heavy atom. The number of aryl methyl sites for hydroxylation is 1. The molecule has 1 fully saturated rings. The van der Waals surface area contributed by atoms with Crippen LogP contribution in [0.25, 0.3) is 0 Å². The summed E-state index contributed by atoms with van der Waals surface area (Å²) in [6.07, 6.45) is 2.37. The Bertz CT molecular complexity index is 301. The molecule has 0 aromatic heterocycles. The van der Waals surface area contributed by atoms with E-state index in [1.54, 1.807) is 0 Å². The molecule has 82 valence electrons. The summed E-state index contributed by atoms with van der Waals surface area (Å²) in [4.78, 5) is 0. The van der Waals surface area contributed by atoms with Gasteiger partial charge in [-0.1, -0.05) is 29.8 Å². The highest BCUT2D eigenvalue weighted by Gasteiger charge is 2.26. The molecule has 0 amide bonds. The number of alkyl halides is 1. The molecule has 1 aliphatic carbocycles. The molecule has 1 N–H and O–H groups in total. The average molecular weight is 224 g/mol. The van der Waals surface area contributed by atoms with Gasteiger partial charge in [-0.3, -0.25) is 0 Å². The van der Waals surface area contributed by atoms with E-state index in [9.17, 15) is 0 Å². The molecule has 0 bridgehead atoms. The smallest absolute Gasteiger partial charge is 0.0342 e. The second-order valence-electron chi connectivity index (χ2n) is 4.55. The van der Waals surface area contributed by atoms with Crippen molar-refractivity contribution < 1.29 is 0 Å². The second kappa shape index (κ2) is 5.00. The van der Waals surface area contributed by atoms with Gasteiger partial charge in [0.1, 0.15) is 0 Å². The van der Waals surface area contributed by atoms with Gasteiger partial charge in [0.2, 0.25) is 0 Å². The van der Waals surface area contributed by atoms with Crippen LogP contribution in [-0.2, 0) is 6.54 Å². The second-order valence-corrected chi connectivity index (χ2v) is 5.17. The van der Waals surface area contributed by atoms with Gasteiger partial charge in [-0.15, -0.1) is 11.6 Å². The summed E-state index contributed by atoms with van der Waals surface area (Å²) in [6.45, 7) is 4.20. The van der Waals surface area contributed by atoms with Crippen LogP contribution in [0.3, 0.4) is 0 Å². The lowest BCUT2D eigenvalue weighted by molar-refractivity contribution is 0.308. The Labute approximate surface area is 96.8 Å². The van der Waals surface area contributed by atoms with E-state index in [4.69, 9.17) is 11.6 Å². The highest BCUT2D eigenvalue weighted by atomic mass is 35.5. The van der Waals surface area contributed by atoms with Gasteiger partial charge >= 0.3 is 0 Å². The number of nitrogens with one attached hydrogen (secondary N) is 1. The van der Waals surface area contributed by atoms with Crippen molar-refractivity contribution in [3.8, 4) is 0 Å². The van der Waals surface area contributed by atoms with Gasteiger partial charge in [-0.25, -0.2) is 0 Å². The molecule has 0 radical (unpaired) electrons. The first kappa shape index (κ1) is 11.0. The standard InChI is InChI=1S/C13H18ClN/c1-10-2-4-11(5-3-10)8-15-9-12-6-13(14)7-12/h2-5,12-13,15H,6-9H2,1H3. The van der Waals surface area contributed by atoms with Crippen molar-refractivity contribution in [2.24, 2.45) is 5.92 Å². The van der Waals surface area contributed by atoms with Crippen molar-refractivity contribution in [2.75, 3.05) is 6.54 Å². The van der Waals surface area contributed by atoms with Crippen molar-refractivity contribution in [3.63, 3.8) is 0 Å². The highest BCUT2D eigenvalue weighted by molar-refractivity contribution is 6.21. The molecule has 15 heavy (non-hydrogen) atoms. The SMILES string of the molecule is Cc1ccc(CNCC2CC(Cl)C2)cc1. The summed E-state index contributed by atoms with van der Waals surface area (Å²) in [5.74, 6) is 0.804. The van der Waals surface area contributed by atoms with Crippen LogP contribution in [0.4, 0.5) is 0 Å². The minimum atomic E-state index is 0.441. The number of benzene rings is 1. The first-order valence-corrected chi connectivity index (χ1v) is 6.08. The third kappa shape index (κ3) is 3.22. The number of hydrogen-bond donors (Lipinski definition) is 1. The lowest BCUT2D eigenvalue weighted by Gasteiger charge is -2.31. The molecule has 0 aliphatic heterocycles. The van der Waals surface area contributed by atoms with Gasteiger partial charge in [-0.2, -0.15) is 0 Å². The molecular weight excluding hydrogens is 206 g/mol. The van der Waals surface area contributed by atoms with E-state index in [1.807, 2.05) is 0 Å². The molecule has 1 aliphatic rings. The minimum Gasteiger partial charge on any atom is -0.312 e. The number of rotatable bonds is 4. The van der Waals surface area contributed by atoms with Crippen LogP contribution in [0.2, 0.25) is 0 Å². The minimum absolute atomic E-state index is 0.441. The zero-order valence-electron chi connectivity index (χ0n) is 9.17. The van der Waals surface area contributed by atoms with Crippen LogP contribution in [0.5, 0.6) is 0 Å². The van der Waals surface area contributed by atoms with E-state index < -0.39 is 0 Å². The largest absolute Gasteiger partial charge is 0.312 e. The zero-order chi connectivity index (χ0) is 10.7. The van der Waals surface area contributed by atoms with Crippen LogP contribution in [0.1, 0.15) is 24.0 Å². The van der Waals surface area contributed by atoms with E-state index in [2.05, 4.69) is 36.5 Å². The molecule has 1 aromatic carbocycles. The van der Waals surface area contributed by atoms with Crippen LogP contribution >= 0.6 is 11.6 Å². The third-order valence-electron chi connectivity index (χ3n) is 3.06. The maximum Gasteiger partial charge on any atom is 0.0342 e. The van der Waals surface area contributed by atoms with Crippen LogP contribution < -0.4 is 5.32 Å². The van der Waals surface area contributed by atoms with E-state index in [-0.39, 0.29) is 0 Å². The molecule has 0 spiro atoms.